The maximum Gasteiger partial charge on any atom is 0.237 e. The van der Waals surface area contributed by atoms with E-state index in [1.54, 1.807) is 26.4 Å². The van der Waals surface area contributed by atoms with E-state index in [1.807, 2.05) is 12.1 Å². The second kappa shape index (κ2) is 14.1. The Morgan fingerprint density at radius 3 is 2.29 bits per heavy atom. The predicted molar refractivity (Wildman–Crippen MR) is 128 cm³/mol. The van der Waals surface area contributed by atoms with Gasteiger partial charge in [0.2, 0.25) is 10.0 Å². The Morgan fingerprint density at radius 2 is 1.77 bits per heavy atom. The lowest BCUT2D eigenvalue weighted by Gasteiger charge is -2.14. The predicted octanol–water partition coefficient (Wildman–Crippen LogP) is 3.57. The first kappa shape index (κ1) is 27.0. The molecule has 0 bridgehead atoms. The summed E-state index contributed by atoms with van der Waals surface area (Å²) in [5, 5.41) is 0. The van der Waals surface area contributed by atoms with Crippen molar-refractivity contribution >= 4 is 21.9 Å². The molecule has 6 nitrogen and oxygen atoms in total. The van der Waals surface area contributed by atoms with Gasteiger partial charge in [0.1, 0.15) is 6.29 Å². The van der Waals surface area contributed by atoms with E-state index in [0.29, 0.717) is 6.29 Å². The van der Waals surface area contributed by atoms with Crippen LogP contribution in [0.15, 0.2) is 54.0 Å². The number of methoxy groups -OCH3 is 1. The minimum absolute atomic E-state index is 0.141. The van der Waals surface area contributed by atoms with Crippen molar-refractivity contribution in [2.45, 2.75) is 39.2 Å². The largest absolute Gasteiger partial charge is 0.388 e. The molecule has 0 radical (unpaired) electrons. The first-order chi connectivity index (χ1) is 14.8. The van der Waals surface area contributed by atoms with Crippen molar-refractivity contribution in [3.05, 3.63) is 65.1 Å². The zero-order valence-corrected chi connectivity index (χ0v) is 20.0. The Bertz CT molecular complexity index is 852. The Kier molecular flexibility index (Phi) is 12.3. The van der Waals surface area contributed by atoms with E-state index in [-0.39, 0.29) is 4.91 Å². The zero-order valence-electron chi connectivity index (χ0n) is 19.1. The van der Waals surface area contributed by atoms with Gasteiger partial charge in [0, 0.05) is 20.8 Å². The third-order valence-corrected chi connectivity index (χ3v) is 6.56. The topological polar surface area (TPSA) is 75.7 Å². The SMILES string of the molecule is C=C/C(=C\C=C(/C)S(=O)(=O)NC(C)C=O)c1ccc(CCN2CCCC2)cc1.COC. The highest BCUT2D eigenvalue weighted by Gasteiger charge is 2.15. The van der Waals surface area contributed by atoms with Crippen molar-refractivity contribution in [3.63, 3.8) is 0 Å². The number of nitrogens with zero attached hydrogens (tertiary/aromatic N) is 1. The van der Waals surface area contributed by atoms with Gasteiger partial charge in [-0.2, -0.15) is 0 Å². The lowest BCUT2D eigenvalue weighted by molar-refractivity contribution is -0.108. The minimum atomic E-state index is -3.68. The van der Waals surface area contributed by atoms with Crippen molar-refractivity contribution in [3.8, 4) is 0 Å². The molecule has 1 N–H and O–H groups in total. The van der Waals surface area contributed by atoms with Gasteiger partial charge in [-0.25, -0.2) is 13.1 Å². The third kappa shape index (κ3) is 9.74. The van der Waals surface area contributed by atoms with Crippen LogP contribution >= 0.6 is 0 Å². The molecule has 0 aliphatic carbocycles. The molecule has 0 spiro atoms. The number of carbonyl (C=O) groups is 1. The van der Waals surface area contributed by atoms with Crippen molar-refractivity contribution < 1.29 is 17.9 Å². The second-order valence-corrected chi connectivity index (χ2v) is 9.44. The Balaban J connectivity index is 0.00000151. The molecule has 1 unspecified atom stereocenters. The minimum Gasteiger partial charge on any atom is -0.388 e. The highest BCUT2D eigenvalue weighted by molar-refractivity contribution is 7.93. The maximum absolute atomic E-state index is 12.2. The molecule has 1 saturated heterocycles. The standard InChI is InChI=1S/C22H30N2O3S.C2H6O/c1-4-21(10-7-19(3)28(26,27)23-18(2)17-25)22-11-8-20(9-12-22)13-16-24-14-5-6-15-24;1-3-2/h4,7-12,17-18,23H,1,5-6,13-16H2,2-3H3;1-2H3/b19-7+,21-10+;. The van der Waals surface area contributed by atoms with Crippen molar-refractivity contribution in [1.29, 1.82) is 0 Å². The molecule has 1 aliphatic rings. The van der Waals surface area contributed by atoms with Gasteiger partial charge in [0.15, 0.2) is 0 Å². The van der Waals surface area contributed by atoms with Crippen LogP contribution in [0.25, 0.3) is 5.57 Å². The van der Waals surface area contributed by atoms with E-state index in [2.05, 4.69) is 33.1 Å². The van der Waals surface area contributed by atoms with Crippen molar-refractivity contribution in [1.82, 2.24) is 9.62 Å². The zero-order chi connectivity index (χ0) is 23.3. The van der Waals surface area contributed by atoms with Crippen molar-refractivity contribution in [2.75, 3.05) is 33.9 Å². The molecule has 0 aromatic heterocycles. The first-order valence-electron chi connectivity index (χ1n) is 10.5. The lowest BCUT2D eigenvalue weighted by Crippen LogP contribution is -2.33. The van der Waals surface area contributed by atoms with E-state index in [0.717, 1.165) is 24.1 Å². The van der Waals surface area contributed by atoms with E-state index >= 15 is 0 Å². The number of likely N-dealkylation sites (tertiary alicyclic amines) is 1. The molecule has 1 heterocycles. The number of ether oxygens (including phenoxy) is 1. The van der Waals surface area contributed by atoms with E-state index < -0.39 is 16.1 Å². The van der Waals surface area contributed by atoms with Gasteiger partial charge in [-0.15, -0.1) is 0 Å². The number of allylic oxidation sites excluding steroid dienone is 5. The van der Waals surface area contributed by atoms with Crippen LogP contribution < -0.4 is 4.72 Å². The summed E-state index contributed by atoms with van der Waals surface area (Å²) in [4.78, 5) is 13.3. The fraction of sp³-hybridized carbons (Fsp3) is 0.458. The molecule has 172 valence electrons. The molecule has 7 heteroatoms. The summed E-state index contributed by atoms with van der Waals surface area (Å²) in [6.07, 6.45) is 9.16. The maximum atomic E-state index is 12.2. The number of rotatable bonds is 10. The second-order valence-electron chi connectivity index (χ2n) is 7.55. The van der Waals surface area contributed by atoms with Gasteiger partial charge in [0.25, 0.3) is 0 Å². The average Bonchev–Trinajstić information content (AvgIpc) is 3.27. The molecule has 1 aromatic rings. The van der Waals surface area contributed by atoms with Crippen molar-refractivity contribution in [2.24, 2.45) is 0 Å². The Hall–Kier alpha value is -2.06. The quantitative estimate of drug-likeness (QED) is 0.437. The fourth-order valence-electron chi connectivity index (χ4n) is 3.10. The van der Waals surface area contributed by atoms with E-state index in [1.165, 1.54) is 51.4 Å². The molecule has 0 amide bonds. The molecule has 2 rings (SSSR count). The smallest absolute Gasteiger partial charge is 0.237 e. The molecule has 1 fully saturated rings. The van der Waals surface area contributed by atoms with Crippen LogP contribution in [0.2, 0.25) is 0 Å². The van der Waals surface area contributed by atoms with Crippen LogP contribution in [0.3, 0.4) is 0 Å². The molecule has 0 saturated carbocycles. The van der Waals surface area contributed by atoms with Crippen LogP contribution in [0, 0.1) is 0 Å². The number of benzene rings is 1. The summed E-state index contributed by atoms with van der Waals surface area (Å²) in [7, 11) is -0.434. The van der Waals surface area contributed by atoms with Crippen LogP contribution in [-0.2, 0) is 26.0 Å². The summed E-state index contributed by atoms with van der Waals surface area (Å²) >= 11 is 0. The number of hydrogen-bond donors (Lipinski definition) is 1. The fourth-order valence-corrected chi connectivity index (χ4v) is 4.08. The molecule has 31 heavy (non-hydrogen) atoms. The average molecular weight is 449 g/mol. The summed E-state index contributed by atoms with van der Waals surface area (Å²) in [6, 6.07) is 7.55. The Labute approximate surface area is 187 Å². The van der Waals surface area contributed by atoms with E-state index in [9.17, 15) is 13.2 Å². The Morgan fingerprint density at radius 1 is 1.19 bits per heavy atom. The number of aldehydes is 1. The van der Waals surface area contributed by atoms with Crippen LogP contribution in [0.4, 0.5) is 0 Å². The number of hydrogen-bond acceptors (Lipinski definition) is 5. The normalized spacial score (nSPS) is 16.4. The monoisotopic (exact) mass is 448 g/mol. The van der Waals surface area contributed by atoms with E-state index in [4.69, 9.17) is 0 Å². The third-order valence-electron chi connectivity index (χ3n) is 4.89. The molecular weight excluding hydrogens is 412 g/mol. The summed E-state index contributed by atoms with van der Waals surface area (Å²) in [5.74, 6) is 0. The van der Waals surface area contributed by atoms with Gasteiger partial charge < -0.3 is 14.4 Å². The number of sulfonamides is 1. The summed E-state index contributed by atoms with van der Waals surface area (Å²) in [5.41, 5.74) is 3.11. The molecule has 1 aromatic carbocycles. The molecule has 1 aliphatic heterocycles. The number of carbonyl (C=O) groups excluding carboxylic acids is 1. The molecular formula is C24H36N2O4S. The van der Waals surface area contributed by atoms with Gasteiger partial charge in [-0.3, -0.25) is 0 Å². The molecule has 1 atom stereocenters. The van der Waals surface area contributed by atoms with Gasteiger partial charge in [-0.1, -0.05) is 43.0 Å². The summed E-state index contributed by atoms with van der Waals surface area (Å²) in [6.45, 7) is 10.3. The first-order valence-corrected chi connectivity index (χ1v) is 12.0. The lowest BCUT2D eigenvalue weighted by atomic mass is 10.0. The number of nitrogens with one attached hydrogen (secondary N) is 1. The highest BCUT2D eigenvalue weighted by atomic mass is 32.2. The van der Waals surface area contributed by atoms with Crippen LogP contribution in [0.5, 0.6) is 0 Å². The van der Waals surface area contributed by atoms with Gasteiger partial charge in [-0.05, 0) is 69.0 Å². The van der Waals surface area contributed by atoms with Gasteiger partial charge in [0.05, 0.1) is 10.9 Å². The van der Waals surface area contributed by atoms with Crippen LogP contribution in [0.1, 0.15) is 37.8 Å². The van der Waals surface area contributed by atoms with Crippen LogP contribution in [-0.4, -0.2) is 59.5 Å². The highest BCUT2D eigenvalue weighted by Crippen LogP contribution is 2.18. The van der Waals surface area contributed by atoms with Gasteiger partial charge >= 0.3 is 0 Å². The summed E-state index contributed by atoms with van der Waals surface area (Å²) < 4.78 is 30.9.